The van der Waals surface area contributed by atoms with E-state index in [1.165, 1.54) is 5.56 Å². The minimum Gasteiger partial charge on any atom is -0.244 e. The van der Waals surface area contributed by atoms with Gasteiger partial charge in [-0.3, -0.25) is 0 Å². The maximum Gasteiger partial charge on any atom is 0.178 e. The summed E-state index contributed by atoms with van der Waals surface area (Å²) in [5, 5.41) is 1.15. The second kappa shape index (κ2) is 4.94. The van der Waals surface area contributed by atoms with E-state index in [9.17, 15) is 0 Å². The van der Waals surface area contributed by atoms with E-state index in [0.29, 0.717) is 11.7 Å². The Kier molecular flexibility index (Phi) is 3.13. The highest BCUT2D eigenvalue weighted by Gasteiger charge is 2.07. The molecule has 2 aromatic heterocycles. The summed E-state index contributed by atoms with van der Waals surface area (Å²) in [6, 6.07) is 11.9. The Labute approximate surface area is 116 Å². The topological polar surface area (TPSA) is 38.7 Å². The van der Waals surface area contributed by atoms with Crippen molar-refractivity contribution in [1.29, 1.82) is 0 Å². The number of fused-ring (bicyclic) bond motifs is 1. The zero-order chi connectivity index (χ0) is 13.2. The van der Waals surface area contributed by atoms with Crippen molar-refractivity contribution in [2.45, 2.75) is 12.8 Å². The van der Waals surface area contributed by atoms with E-state index in [1.54, 1.807) is 6.20 Å². The van der Waals surface area contributed by atoms with Gasteiger partial charge >= 0.3 is 0 Å². The van der Waals surface area contributed by atoms with Crippen molar-refractivity contribution in [3.8, 4) is 11.5 Å². The molecule has 0 N–H and O–H groups in total. The number of pyridine rings is 1. The van der Waals surface area contributed by atoms with Crippen LogP contribution in [0.4, 0.5) is 0 Å². The molecule has 4 heteroatoms. The van der Waals surface area contributed by atoms with Crippen molar-refractivity contribution in [3.63, 3.8) is 0 Å². The van der Waals surface area contributed by atoms with E-state index >= 15 is 0 Å². The lowest BCUT2D eigenvalue weighted by molar-refractivity contribution is 1.08. The number of benzene rings is 1. The van der Waals surface area contributed by atoms with Crippen molar-refractivity contribution in [3.05, 3.63) is 53.9 Å². The van der Waals surface area contributed by atoms with Crippen LogP contribution in [0.25, 0.3) is 22.4 Å². The number of hydrogen-bond donors (Lipinski definition) is 0. The van der Waals surface area contributed by atoms with Crippen LogP contribution in [0, 0.1) is 6.92 Å². The first-order valence-electron chi connectivity index (χ1n) is 6.02. The molecule has 3 rings (SSSR count). The molecule has 0 aliphatic carbocycles. The van der Waals surface area contributed by atoms with Crippen LogP contribution >= 0.6 is 11.6 Å². The van der Waals surface area contributed by atoms with Gasteiger partial charge in [-0.1, -0.05) is 18.2 Å². The van der Waals surface area contributed by atoms with Crippen LogP contribution in [0.15, 0.2) is 42.6 Å². The summed E-state index contributed by atoms with van der Waals surface area (Å²) in [7, 11) is 0. The van der Waals surface area contributed by atoms with Crippen molar-refractivity contribution in [2.75, 3.05) is 0 Å². The quantitative estimate of drug-likeness (QED) is 0.665. The molecule has 0 fully saturated rings. The summed E-state index contributed by atoms with van der Waals surface area (Å²) in [5.41, 5.74) is 3.71. The number of halogens is 1. The Bertz CT molecular complexity index is 740. The highest BCUT2D eigenvalue weighted by molar-refractivity contribution is 6.16. The number of alkyl halides is 1. The summed E-state index contributed by atoms with van der Waals surface area (Å²) in [6.45, 7) is 2.07. The first-order chi connectivity index (χ1) is 9.28. The smallest absolute Gasteiger partial charge is 0.178 e. The Balaban J connectivity index is 2.19. The molecular weight excluding hydrogens is 258 g/mol. The van der Waals surface area contributed by atoms with E-state index in [1.807, 2.05) is 30.3 Å². The zero-order valence-corrected chi connectivity index (χ0v) is 11.2. The van der Waals surface area contributed by atoms with Gasteiger partial charge in [0.05, 0.1) is 17.1 Å². The van der Waals surface area contributed by atoms with Crippen molar-refractivity contribution >= 4 is 22.5 Å². The molecule has 0 saturated heterocycles. The normalized spacial score (nSPS) is 10.8. The standard InChI is InChI=1S/C15H12ClN3/c1-10-8-14(15-17-7-6-11(9-16)18-15)19-13-5-3-2-4-12(10)13/h2-8H,9H2,1H3. The third-order valence-electron chi connectivity index (χ3n) is 3.00. The van der Waals surface area contributed by atoms with E-state index in [4.69, 9.17) is 11.6 Å². The molecule has 0 amide bonds. The van der Waals surface area contributed by atoms with Gasteiger partial charge in [-0.05, 0) is 30.7 Å². The van der Waals surface area contributed by atoms with Crippen LogP contribution in [-0.2, 0) is 5.88 Å². The van der Waals surface area contributed by atoms with Crippen LogP contribution in [0.1, 0.15) is 11.3 Å². The number of rotatable bonds is 2. The molecule has 19 heavy (non-hydrogen) atoms. The fourth-order valence-electron chi connectivity index (χ4n) is 2.06. The largest absolute Gasteiger partial charge is 0.244 e. The predicted octanol–water partition coefficient (Wildman–Crippen LogP) is 3.74. The van der Waals surface area contributed by atoms with Gasteiger partial charge in [-0.25, -0.2) is 15.0 Å². The summed E-state index contributed by atoms with van der Waals surface area (Å²) < 4.78 is 0. The average Bonchev–Trinajstić information content (AvgIpc) is 2.47. The molecule has 0 atom stereocenters. The first-order valence-corrected chi connectivity index (χ1v) is 6.56. The summed E-state index contributed by atoms with van der Waals surface area (Å²) in [4.78, 5) is 13.3. The third kappa shape index (κ3) is 2.29. The first kappa shape index (κ1) is 12.1. The highest BCUT2D eigenvalue weighted by Crippen LogP contribution is 2.22. The molecular formula is C15H12ClN3. The van der Waals surface area contributed by atoms with E-state index in [2.05, 4.69) is 27.9 Å². The Morgan fingerprint density at radius 2 is 1.95 bits per heavy atom. The lowest BCUT2D eigenvalue weighted by Gasteiger charge is -2.06. The Morgan fingerprint density at radius 3 is 2.79 bits per heavy atom. The molecule has 3 aromatic rings. The zero-order valence-electron chi connectivity index (χ0n) is 10.5. The second-order valence-electron chi connectivity index (χ2n) is 4.35. The average molecular weight is 270 g/mol. The van der Waals surface area contributed by atoms with Gasteiger partial charge < -0.3 is 0 Å². The summed E-state index contributed by atoms with van der Waals surface area (Å²) in [5.74, 6) is 0.995. The molecule has 0 aliphatic heterocycles. The van der Waals surface area contributed by atoms with Gasteiger partial charge in [0.2, 0.25) is 0 Å². The SMILES string of the molecule is Cc1cc(-c2nccc(CCl)n2)nc2ccccc12. The minimum atomic E-state index is 0.377. The number of aryl methyl sites for hydroxylation is 1. The van der Waals surface area contributed by atoms with E-state index < -0.39 is 0 Å². The van der Waals surface area contributed by atoms with E-state index in [-0.39, 0.29) is 0 Å². The number of nitrogens with zero attached hydrogens (tertiary/aromatic N) is 3. The molecule has 3 nitrogen and oxygen atoms in total. The maximum atomic E-state index is 5.80. The lowest BCUT2D eigenvalue weighted by Crippen LogP contribution is -1.96. The van der Waals surface area contributed by atoms with Gasteiger partial charge in [-0.2, -0.15) is 0 Å². The predicted molar refractivity (Wildman–Crippen MR) is 77.1 cm³/mol. The van der Waals surface area contributed by atoms with Crippen LogP contribution in [-0.4, -0.2) is 15.0 Å². The fraction of sp³-hybridized carbons (Fsp3) is 0.133. The van der Waals surface area contributed by atoms with Gasteiger partial charge in [-0.15, -0.1) is 11.6 Å². The molecule has 0 spiro atoms. The van der Waals surface area contributed by atoms with Crippen LogP contribution in [0.3, 0.4) is 0 Å². The maximum absolute atomic E-state index is 5.80. The van der Waals surface area contributed by atoms with Gasteiger partial charge in [0.15, 0.2) is 5.82 Å². The molecule has 0 radical (unpaired) electrons. The van der Waals surface area contributed by atoms with Gasteiger partial charge in [0, 0.05) is 11.6 Å². The van der Waals surface area contributed by atoms with Crippen LogP contribution in [0.2, 0.25) is 0 Å². The second-order valence-corrected chi connectivity index (χ2v) is 4.61. The number of para-hydroxylation sites is 1. The monoisotopic (exact) mass is 269 g/mol. The number of hydrogen-bond acceptors (Lipinski definition) is 3. The van der Waals surface area contributed by atoms with Crippen molar-refractivity contribution in [2.24, 2.45) is 0 Å². The molecule has 0 aliphatic rings. The molecule has 94 valence electrons. The fourth-order valence-corrected chi connectivity index (χ4v) is 2.21. The highest BCUT2D eigenvalue weighted by atomic mass is 35.5. The molecule has 0 bridgehead atoms. The molecule has 1 aromatic carbocycles. The molecule has 2 heterocycles. The minimum absolute atomic E-state index is 0.377. The van der Waals surface area contributed by atoms with E-state index in [0.717, 1.165) is 22.3 Å². The van der Waals surface area contributed by atoms with Crippen molar-refractivity contribution in [1.82, 2.24) is 15.0 Å². The third-order valence-corrected chi connectivity index (χ3v) is 3.28. The summed E-state index contributed by atoms with van der Waals surface area (Å²) >= 11 is 5.80. The van der Waals surface area contributed by atoms with Crippen molar-refractivity contribution < 1.29 is 0 Å². The molecule has 0 saturated carbocycles. The Morgan fingerprint density at radius 1 is 1.11 bits per heavy atom. The van der Waals surface area contributed by atoms with Gasteiger partial charge in [0.1, 0.15) is 5.69 Å². The number of aromatic nitrogens is 3. The lowest BCUT2D eigenvalue weighted by atomic mass is 10.1. The van der Waals surface area contributed by atoms with Gasteiger partial charge in [0.25, 0.3) is 0 Å². The molecule has 0 unspecified atom stereocenters. The Hall–Kier alpha value is -2.00. The van der Waals surface area contributed by atoms with Crippen LogP contribution < -0.4 is 0 Å². The van der Waals surface area contributed by atoms with Crippen LogP contribution in [0.5, 0.6) is 0 Å². The summed E-state index contributed by atoms with van der Waals surface area (Å²) in [6.07, 6.45) is 1.71.